The molecule has 0 spiro atoms. The first-order chi connectivity index (χ1) is 16.8. The SMILES string of the molecule is N#CCC1CN(C(=O)c2nc(NCCNC(=O)N[C@@H](CC=N)c3cc(F)cc(F)c3)ncc2F)C1. The Morgan fingerprint density at radius 3 is 2.60 bits per heavy atom. The minimum Gasteiger partial charge on any atom is -0.352 e. The highest BCUT2D eigenvalue weighted by Gasteiger charge is 2.33. The average molecular weight is 488 g/mol. The summed E-state index contributed by atoms with van der Waals surface area (Å²) in [6.45, 7) is 0.925. The molecule has 0 aliphatic carbocycles. The normalized spacial score (nSPS) is 13.8. The van der Waals surface area contributed by atoms with Crippen molar-refractivity contribution in [3.63, 3.8) is 0 Å². The Morgan fingerprint density at radius 1 is 1.23 bits per heavy atom. The number of anilines is 1. The van der Waals surface area contributed by atoms with Gasteiger partial charge in [0.2, 0.25) is 5.95 Å². The van der Waals surface area contributed by atoms with Crippen LogP contribution in [0.15, 0.2) is 24.4 Å². The maximum atomic E-state index is 14.1. The van der Waals surface area contributed by atoms with E-state index in [1.165, 1.54) is 4.90 Å². The molecule has 1 atom stereocenters. The number of amides is 3. The van der Waals surface area contributed by atoms with E-state index in [2.05, 4.69) is 25.9 Å². The number of carbonyl (C=O) groups is 2. The molecule has 1 saturated heterocycles. The molecule has 1 fully saturated rings. The summed E-state index contributed by atoms with van der Waals surface area (Å²) in [5, 5.41) is 23.8. The Bertz CT molecular complexity index is 1110. The summed E-state index contributed by atoms with van der Waals surface area (Å²) in [6.07, 6.45) is 2.24. The molecule has 1 aromatic carbocycles. The van der Waals surface area contributed by atoms with Crippen LogP contribution in [0.1, 0.15) is 34.9 Å². The van der Waals surface area contributed by atoms with Gasteiger partial charge in [0.15, 0.2) is 11.5 Å². The van der Waals surface area contributed by atoms with Gasteiger partial charge in [0, 0.05) is 51.0 Å². The summed E-state index contributed by atoms with van der Waals surface area (Å²) in [6, 6.07) is 3.45. The number of halogens is 3. The maximum Gasteiger partial charge on any atom is 0.315 e. The third-order valence-corrected chi connectivity index (χ3v) is 5.21. The van der Waals surface area contributed by atoms with Gasteiger partial charge in [-0.05, 0) is 23.9 Å². The smallest absolute Gasteiger partial charge is 0.315 e. The number of rotatable bonds is 10. The van der Waals surface area contributed by atoms with Gasteiger partial charge in [0.05, 0.1) is 18.3 Å². The quantitative estimate of drug-likeness (QED) is 0.298. The van der Waals surface area contributed by atoms with E-state index in [4.69, 9.17) is 10.7 Å². The van der Waals surface area contributed by atoms with E-state index in [0.717, 1.165) is 24.5 Å². The molecular formula is C22H23F3N8O2. The fourth-order valence-corrected chi connectivity index (χ4v) is 3.48. The summed E-state index contributed by atoms with van der Waals surface area (Å²) in [5.74, 6) is -2.99. The number of urea groups is 1. The van der Waals surface area contributed by atoms with Gasteiger partial charge in [0.1, 0.15) is 11.6 Å². The Labute approximate surface area is 199 Å². The number of hydrogen-bond donors (Lipinski definition) is 4. The van der Waals surface area contributed by atoms with Crippen LogP contribution in [0.3, 0.4) is 0 Å². The number of aromatic nitrogens is 2. The lowest BCUT2D eigenvalue weighted by Crippen LogP contribution is -2.50. The van der Waals surface area contributed by atoms with Crippen LogP contribution in [0.25, 0.3) is 0 Å². The molecule has 0 radical (unpaired) electrons. The summed E-state index contributed by atoms with van der Waals surface area (Å²) in [4.78, 5) is 33.7. The number of likely N-dealkylation sites (tertiary alicyclic amines) is 1. The van der Waals surface area contributed by atoms with Crippen molar-refractivity contribution in [3.8, 4) is 6.07 Å². The Hall–Kier alpha value is -4.21. The molecule has 4 N–H and O–H groups in total. The monoisotopic (exact) mass is 488 g/mol. The second-order valence-electron chi connectivity index (χ2n) is 7.85. The lowest BCUT2D eigenvalue weighted by Gasteiger charge is -2.37. The van der Waals surface area contributed by atoms with E-state index in [-0.39, 0.29) is 42.6 Å². The molecule has 1 aromatic heterocycles. The molecule has 10 nitrogen and oxygen atoms in total. The highest BCUT2D eigenvalue weighted by atomic mass is 19.1. The van der Waals surface area contributed by atoms with Gasteiger partial charge in [-0.25, -0.2) is 27.9 Å². The molecule has 2 aromatic rings. The first-order valence-corrected chi connectivity index (χ1v) is 10.7. The molecule has 1 aliphatic rings. The molecule has 0 unspecified atom stereocenters. The summed E-state index contributed by atoms with van der Waals surface area (Å²) in [5.41, 5.74) is -0.210. The van der Waals surface area contributed by atoms with E-state index >= 15 is 0 Å². The van der Waals surface area contributed by atoms with Gasteiger partial charge >= 0.3 is 6.03 Å². The van der Waals surface area contributed by atoms with Crippen LogP contribution in [0.2, 0.25) is 0 Å². The van der Waals surface area contributed by atoms with Crippen molar-refractivity contribution in [3.05, 3.63) is 53.1 Å². The second-order valence-corrected chi connectivity index (χ2v) is 7.85. The summed E-state index contributed by atoms with van der Waals surface area (Å²) < 4.78 is 41.1. The molecule has 2 heterocycles. The summed E-state index contributed by atoms with van der Waals surface area (Å²) >= 11 is 0. The van der Waals surface area contributed by atoms with Crippen LogP contribution in [0.5, 0.6) is 0 Å². The van der Waals surface area contributed by atoms with Gasteiger partial charge in [-0.15, -0.1) is 0 Å². The van der Waals surface area contributed by atoms with Crippen LogP contribution < -0.4 is 16.0 Å². The van der Waals surface area contributed by atoms with Crippen molar-refractivity contribution in [2.75, 3.05) is 31.5 Å². The van der Waals surface area contributed by atoms with Gasteiger partial charge in [-0.1, -0.05) is 0 Å². The van der Waals surface area contributed by atoms with E-state index < -0.39 is 35.4 Å². The largest absolute Gasteiger partial charge is 0.352 e. The van der Waals surface area contributed by atoms with Gasteiger partial charge in [-0.3, -0.25) is 4.79 Å². The van der Waals surface area contributed by atoms with Crippen molar-refractivity contribution in [1.82, 2.24) is 25.5 Å². The zero-order valence-electron chi connectivity index (χ0n) is 18.5. The zero-order valence-corrected chi connectivity index (χ0v) is 18.5. The van der Waals surface area contributed by atoms with E-state index in [9.17, 15) is 22.8 Å². The van der Waals surface area contributed by atoms with Gasteiger partial charge in [0.25, 0.3) is 5.91 Å². The minimum atomic E-state index is -0.868. The Kier molecular flexibility index (Phi) is 8.55. The topological polar surface area (TPSA) is 147 Å². The molecule has 0 bridgehead atoms. The van der Waals surface area contributed by atoms with E-state index in [1.54, 1.807) is 0 Å². The lowest BCUT2D eigenvalue weighted by atomic mass is 9.97. The van der Waals surface area contributed by atoms with Crippen molar-refractivity contribution < 1.29 is 22.8 Å². The zero-order chi connectivity index (χ0) is 25.4. The molecule has 184 valence electrons. The lowest BCUT2D eigenvalue weighted by molar-refractivity contribution is 0.0497. The van der Waals surface area contributed by atoms with Crippen LogP contribution in [0, 0.1) is 40.1 Å². The standard InChI is InChI=1S/C22H23F3N8O2/c23-15-7-14(8-16(24)9-15)18(2-4-27)31-22(35)29-6-5-28-21-30-10-17(25)19(32-21)20(34)33-11-13(12-33)1-3-26/h4,7-10,13,18,27H,1-2,5-6,11-12H2,(H,28,30,32)(H2,29,31,35)/t18-/m0/s1. The van der Waals surface area contributed by atoms with Crippen LogP contribution in [0.4, 0.5) is 23.9 Å². The molecule has 3 rings (SSSR count). The second kappa shape index (κ2) is 11.8. The average Bonchev–Trinajstić information content (AvgIpc) is 2.78. The van der Waals surface area contributed by atoms with Gasteiger partial charge < -0.3 is 26.3 Å². The number of nitrogens with one attached hydrogen (secondary N) is 4. The van der Waals surface area contributed by atoms with E-state index in [0.29, 0.717) is 25.6 Å². The van der Waals surface area contributed by atoms with E-state index in [1.807, 2.05) is 6.07 Å². The highest BCUT2D eigenvalue weighted by molar-refractivity contribution is 5.93. The molecule has 1 aliphatic heterocycles. The Morgan fingerprint density at radius 2 is 1.94 bits per heavy atom. The van der Waals surface area contributed by atoms with Crippen molar-refractivity contribution in [2.24, 2.45) is 5.92 Å². The number of hydrogen-bond acceptors (Lipinski definition) is 7. The first-order valence-electron chi connectivity index (χ1n) is 10.7. The van der Waals surface area contributed by atoms with Gasteiger partial charge in [-0.2, -0.15) is 5.26 Å². The fourth-order valence-electron chi connectivity index (χ4n) is 3.48. The third kappa shape index (κ3) is 6.89. The number of nitriles is 1. The van der Waals surface area contributed by atoms with Crippen molar-refractivity contribution in [1.29, 1.82) is 10.7 Å². The number of benzene rings is 1. The highest BCUT2D eigenvalue weighted by Crippen LogP contribution is 2.22. The van der Waals surface area contributed by atoms with Crippen molar-refractivity contribution >= 4 is 24.1 Å². The first kappa shape index (κ1) is 25.4. The maximum absolute atomic E-state index is 14.1. The molecule has 13 heteroatoms. The predicted molar refractivity (Wildman–Crippen MR) is 119 cm³/mol. The van der Waals surface area contributed by atoms with Crippen LogP contribution in [-0.4, -0.2) is 59.2 Å². The molecular weight excluding hydrogens is 465 g/mol. The van der Waals surface area contributed by atoms with Crippen LogP contribution >= 0.6 is 0 Å². The van der Waals surface area contributed by atoms with Crippen LogP contribution in [-0.2, 0) is 0 Å². The Balaban J connectivity index is 1.49. The molecule has 3 amide bonds. The third-order valence-electron chi connectivity index (χ3n) is 5.21. The number of nitrogens with zero attached hydrogens (tertiary/aromatic N) is 4. The molecule has 35 heavy (non-hydrogen) atoms. The summed E-state index contributed by atoms with van der Waals surface area (Å²) in [7, 11) is 0. The predicted octanol–water partition coefficient (Wildman–Crippen LogP) is 2.37. The number of carbonyl (C=O) groups excluding carboxylic acids is 2. The minimum absolute atomic E-state index is 0.0111. The van der Waals surface area contributed by atoms with Crippen molar-refractivity contribution in [2.45, 2.75) is 18.9 Å². The molecule has 0 saturated carbocycles. The fraction of sp³-hybridized carbons (Fsp3) is 0.364.